The summed E-state index contributed by atoms with van der Waals surface area (Å²) in [5, 5.41) is 4.37. The van der Waals surface area contributed by atoms with Gasteiger partial charge >= 0.3 is 0 Å². The standard InChI is InChI=1S/C21H20N2O2/c1-24-20-11-5-7-17(15-20)12-14-25-23-21(18-8-3-2-4-9-18)19-10-6-13-22-16-19/h2-11,13,15-16H,12,14H2,1H3. The van der Waals surface area contributed by atoms with Crippen molar-refractivity contribution in [3.05, 3.63) is 95.8 Å². The molecule has 3 aromatic rings. The Morgan fingerprint density at radius 2 is 1.80 bits per heavy atom. The van der Waals surface area contributed by atoms with Gasteiger partial charge in [-0.15, -0.1) is 0 Å². The molecular formula is C21H20N2O2. The van der Waals surface area contributed by atoms with Crippen LogP contribution in [0, 0.1) is 0 Å². The van der Waals surface area contributed by atoms with Crippen molar-refractivity contribution in [2.75, 3.05) is 13.7 Å². The van der Waals surface area contributed by atoms with Crippen LogP contribution in [0.2, 0.25) is 0 Å². The number of oxime groups is 1. The van der Waals surface area contributed by atoms with E-state index in [1.54, 1.807) is 19.5 Å². The van der Waals surface area contributed by atoms with Gasteiger partial charge in [0.2, 0.25) is 0 Å². The second-order valence-electron chi connectivity index (χ2n) is 5.48. The smallest absolute Gasteiger partial charge is 0.121 e. The predicted octanol–water partition coefficient (Wildman–Crippen LogP) is 4.10. The molecule has 0 saturated heterocycles. The molecule has 4 heteroatoms. The second kappa shape index (κ2) is 8.64. The van der Waals surface area contributed by atoms with Gasteiger partial charge in [-0.25, -0.2) is 0 Å². The lowest BCUT2D eigenvalue weighted by Gasteiger charge is -2.08. The van der Waals surface area contributed by atoms with Crippen LogP contribution < -0.4 is 4.74 Å². The van der Waals surface area contributed by atoms with Gasteiger partial charge in [0, 0.05) is 29.9 Å². The van der Waals surface area contributed by atoms with Gasteiger partial charge in [0.05, 0.1) is 7.11 Å². The Kier molecular flexibility index (Phi) is 5.77. The van der Waals surface area contributed by atoms with Crippen LogP contribution in [0.4, 0.5) is 0 Å². The summed E-state index contributed by atoms with van der Waals surface area (Å²) in [6.07, 6.45) is 4.29. The third kappa shape index (κ3) is 4.67. The molecule has 1 heterocycles. The number of ether oxygens (including phenoxy) is 1. The minimum atomic E-state index is 0.490. The monoisotopic (exact) mass is 332 g/mol. The number of hydrogen-bond donors (Lipinski definition) is 0. The van der Waals surface area contributed by atoms with E-state index in [0.29, 0.717) is 6.61 Å². The van der Waals surface area contributed by atoms with E-state index < -0.39 is 0 Å². The summed E-state index contributed by atoms with van der Waals surface area (Å²) in [5.74, 6) is 0.848. The van der Waals surface area contributed by atoms with Gasteiger partial charge in [-0.05, 0) is 29.8 Å². The summed E-state index contributed by atoms with van der Waals surface area (Å²) in [5.41, 5.74) is 3.85. The van der Waals surface area contributed by atoms with Crippen molar-refractivity contribution >= 4 is 5.71 Å². The zero-order chi connectivity index (χ0) is 17.3. The first kappa shape index (κ1) is 16.7. The zero-order valence-electron chi connectivity index (χ0n) is 14.1. The van der Waals surface area contributed by atoms with E-state index in [9.17, 15) is 0 Å². The Labute approximate surface area is 147 Å². The van der Waals surface area contributed by atoms with Crippen molar-refractivity contribution in [2.24, 2.45) is 5.16 Å². The molecule has 3 rings (SSSR count). The minimum absolute atomic E-state index is 0.490. The van der Waals surface area contributed by atoms with E-state index in [1.807, 2.05) is 60.7 Å². The average Bonchev–Trinajstić information content (AvgIpc) is 2.69. The van der Waals surface area contributed by atoms with E-state index in [4.69, 9.17) is 9.57 Å². The van der Waals surface area contributed by atoms with Crippen molar-refractivity contribution in [3.63, 3.8) is 0 Å². The molecule has 0 N–H and O–H groups in total. The van der Waals surface area contributed by atoms with Crippen LogP contribution in [0.5, 0.6) is 5.75 Å². The summed E-state index contributed by atoms with van der Waals surface area (Å²) >= 11 is 0. The summed E-state index contributed by atoms with van der Waals surface area (Å²) < 4.78 is 5.24. The fourth-order valence-electron chi connectivity index (χ4n) is 2.47. The molecular weight excluding hydrogens is 312 g/mol. The molecule has 0 atom stereocenters. The van der Waals surface area contributed by atoms with Gasteiger partial charge < -0.3 is 9.57 Å². The van der Waals surface area contributed by atoms with E-state index in [-0.39, 0.29) is 0 Å². The molecule has 0 fully saturated rings. The zero-order valence-corrected chi connectivity index (χ0v) is 14.1. The van der Waals surface area contributed by atoms with Crippen molar-refractivity contribution < 1.29 is 9.57 Å². The molecule has 25 heavy (non-hydrogen) atoms. The number of pyridine rings is 1. The van der Waals surface area contributed by atoms with E-state index in [1.165, 1.54) is 0 Å². The molecule has 0 amide bonds. The molecule has 0 aliphatic rings. The van der Waals surface area contributed by atoms with Gasteiger partial charge in [0.1, 0.15) is 18.1 Å². The Hall–Kier alpha value is -3.14. The third-order valence-electron chi connectivity index (χ3n) is 3.75. The lowest BCUT2D eigenvalue weighted by Crippen LogP contribution is -2.06. The highest BCUT2D eigenvalue weighted by Crippen LogP contribution is 2.14. The summed E-state index contributed by atoms with van der Waals surface area (Å²) in [6, 6.07) is 21.8. The normalized spacial score (nSPS) is 11.2. The lowest BCUT2D eigenvalue weighted by atomic mass is 10.0. The molecule has 4 nitrogen and oxygen atoms in total. The molecule has 0 radical (unpaired) electrons. The second-order valence-corrected chi connectivity index (χ2v) is 5.48. The van der Waals surface area contributed by atoms with Gasteiger partial charge in [-0.3, -0.25) is 4.98 Å². The Morgan fingerprint density at radius 3 is 2.56 bits per heavy atom. The third-order valence-corrected chi connectivity index (χ3v) is 3.75. The summed E-state index contributed by atoms with van der Waals surface area (Å²) in [6.45, 7) is 0.490. The maximum atomic E-state index is 5.60. The van der Waals surface area contributed by atoms with Crippen molar-refractivity contribution in [1.82, 2.24) is 4.98 Å². The number of aromatic nitrogens is 1. The fraction of sp³-hybridized carbons (Fsp3) is 0.143. The minimum Gasteiger partial charge on any atom is -0.497 e. The molecule has 0 bridgehead atoms. The number of rotatable bonds is 7. The molecule has 0 aliphatic carbocycles. The predicted molar refractivity (Wildman–Crippen MR) is 99.0 cm³/mol. The summed E-state index contributed by atoms with van der Waals surface area (Å²) in [4.78, 5) is 9.78. The van der Waals surface area contributed by atoms with Crippen LogP contribution in [0.25, 0.3) is 0 Å². The molecule has 0 aliphatic heterocycles. The fourth-order valence-corrected chi connectivity index (χ4v) is 2.47. The van der Waals surface area contributed by atoms with Gasteiger partial charge in [-0.2, -0.15) is 0 Å². The quantitative estimate of drug-likeness (QED) is 0.372. The van der Waals surface area contributed by atoms with Crippen molar-refractivity contribution in [2.45, 2.75) is 6.42 Å². The SMILES string of the molecule is COc1cccc(CCON=C(c2ccccc2)c2cccnc2)c1. The summed E-state index contributed by atoms with van der Waals surface area (Å²) in [7, 11) is 1.67. The van der Waals surface area contributed by atoms with Crippen molar-refractivity contribution in [3.8, 4) is 5.75 Å². The molecule has 0 unspecified atom stereocenters. The Bertz CT molecular complexity index is 776. The van der Waals surface area contributed by atoms with E-state index in [2.05, 4.69) is 16.2 Å². The van der Waals surface area contributed by atoms with Crippen LogP contribution >= 0.6 is 0 Å². The van der Waals surface area contributed by atoms with Gasteiger partial charge in [0.25, 0.3) is 0 Å². The highest BCUT2D eigenvalue weighted by Gasteiger charge is 2.07. The van der Waals surface area contributed by atoms with E-state index in [0.717, 1.165) is 34.6 Å². The lowest BCUT2D eigenvalue weighted by molar-refractivity contribution is 0.148. The first-order chi connectivity index (χ1) is 12.4. The maximum absolute atomic E-state index is 5.60. The first-order valence-corrected chi connectivity index (χ1v) is 8.15. The van der Waals surface area contributed by atoms with Gasteiger partial charge in [0.15, 0.2) is 0 Å². The number of methoxy groups -OCH3 is 1. The highest BCUT2D eigenvalue weighted by molar-refractivity contribution is 6.12. The highest BCUT2D eigenvalue weighted by atomic mass is 16.6. The van der Waals surface area contributed by atoms with Crippen LogP contribution in [0.1, 0.15) is 16.7 Å². The van der Waals surface area contributed by atoms with Crippen LogP contribution in [0.3, 0.4) is 0 Å². The van der Waals surface area contributed by atoms with Crippen LogP contribution in [0.15, 0.2) is 84.3 Å². The largest absolute Gasteiger partial charge is 0.497 e. The Balaban J connectivity index is 1.71. The number of nitrogens with zero attached hydrogens (tertiary/aromatic N) is 2. The number of benzene rings is 2. The van der Waals surface area contributed by atoms with Crippen LogP contribution in [-0.2, 0) is 11.3 Å². The molecule has 0 saturated carbocycles. The van der Waals surface area contributed by atoms with Crippen LogP contribution in [-0.4, -0.2) is 24.4 Å². The molecule has 126 valence electrons. The topological polar surface area (TPSA) is 43.7 Å². The maximum Gasteiger partial charge on any atom is 0.121 e. The average molecular weight is 332 g/mol. The van der Waals surface area contributed by atoms with Gasteiger partial charge in [-0.1, -0.05) is 47.6 Å². The Morgan fingerprint density at radius 1 is 0.960 bits per heavy atom. The first-order valence-electron chi connectivity index (χ1n) is 8.15. The molecule has 0 spiro atoms. The van der Waals surface area contributed by atoms with E-state index >= 15 is 0 Å². The van der Waals surface area contributed by atoms with Crippen molar-refractivity contribution in [1.29, 1.82) is 0 Å². The molecule has 1 aromatic heterocycles. The number of hydrogen-bond acceptors (Lipinski definition) is 4. The molecule has 2 aromatic carbocycles.